The first-order valence-electron chi connectivity index (χ1n) is 6.32. The summed E-state index contributed by atoms with van der Waals surface area (Å²) in [5.74, 6) is -0.862. The molecule has 0 fully saturated rings. The topological polar surface area (TPSA) is 63.3 Å². The van der Waals surface area contributed by atoms with Crippen LogP contribution in [0.25, 0.3) is 0 Å². The van der Waals surface area contributed by atoms with Gasteiger partial charge in [-0.15, -0.1) is 0 Å². The van der Waals surface area contributed by atoms with E-state index in [0.717, 1.165) is 22.3 Å². The Morgan fingerprint density at radius 1 is 1.00 bits per heavy atom. The van der Waals surface area contributed by atoms with Crippen LogP contribution in [0.3, 0.4) is 0 Å². The average Bonchev–Trinajstić information content (AvgIpc) is 2.53. The zero-order valence-electron chi connectivity index (χ0n) is 10.4. The summed E-state index contributed by atoms with van der Waals surface area (Å²) < 4.78 is 0. The quantitative estimate of drug-likeness (QED) is 0.815. The number of nitrogens with two attached hydrogens (primary N) is 1. The molecule has 3 rings (SSSR count). The summed E-state index contributed by atoms with van der Waals surface area (Å²) in [6.45, 7) is 0. The van der Waals surface area contributed by atoms with E-state index in [0.29, 0.717) is 6.42 Å². The Kier molecular flexibility index (Phi) is 2.84. The van der Waals surface area contributed by atoms with E-state index in [9.17, 15) is 9.90 Å². The molecule has 3 heteroatoms. The molecular formula is C16H15NO2. The van der Waals surface area contributed by atoms with Gasteiger partial charge in [0.05, 0.1) is 12.0 Å². The molecule has 96 valence electrons. The molecule has 0 aliphatic heterocycles. The highest BCUT2D eigenvalue weighted by Gasteiger charge is 2.30. The minimum atomic E-state index is -0.596. The molecule has 1 amide bonds. The van der Waals surface area contributed by atoms with Crippen molar-refractivity contribution in [2.24, 2.45) is 5.73 Å². The van der Waals surface area contributed by atoms with Crippen LogP contribution in [0.5, 0.6) is 0 Å². The van der Waals surface area contributed by atoms with Gasteiger partial charge in [0.1, 0.15) is 0 Å². The number of benzene rings is 2. The number of rotatable bonds is 1. The molecular weight excluding hydrogens is 238 g/mol. The first-order valence-corrected chi connectivity index (χ1v) is 6.32. The lowest BCUT2D eigenvalue weighted by Crippen LogP contribution is -2.23. The van der Waals surface area contributed by atoms with Crippen molar-refractivity contribution in [3.05, 3.63) is 70.8 Å². The van der Waals surface area contributed by atoms with Gasteiger partial charge < -0.3 is 10.8 Å². The lowest BCUT2D eigenvalue weighted by molar-refractivity contribution is -0.118. The highest BCUT2D eigenvalue weighted by atomic mass is 16.3. The molecule has 19 heavy (non-hydrogen) atoms. The van der Waals surface area contributed by atoms with Gasteiger partial charge >= 0.3 is 0 Å². The van der Waals surface area contributed by atoms with Gasteiger partial charge in [0.2, 0.25) is 5.91 Å². The van der Waals surface area contributed by atoms with Crippen LogP contribution in [-0.2, 0) is 11.2 Å². The number of primary amides is 1. The molecule has 0 aromatic heterocycles. The fraction of sp³-hybridized carbons (Fsp3) is 0.188. The minimum absolute atomic E-state index is 0.381. The number of hydrogen-bond donors (Lipinski definition) is 2. The normalized spacial score (nSPS) is 21.1. The van der Waals surface area contributed by atoms with Crippen LogP contribution in [0.15, 0.2) is 48.5 Å². The van der Waals surface area contributed by atoms with Crippen LogP contribution in [0.1, 0.15) is 34.3 Å². The molecule has 0 heterocycles. The summed E-state index contributed by atoms with van der Waals surface area (Å²) in [5.41, 5.74) is 9.08. The third-order valence-electron chi connectivity index (χ3n) is 3.73. The van der Waals surface area contributed by atoms with Crippen molar-refractivity contribution < 1.29 is 9.90 Å². The lowest BCUT2D eigenvalue weighted by Gasteiger charge is -2.17. The van der Waals surface area contributed by atoms with Crippen molar-refractivity contribution in [3.63, 3.8) is 0 Å². The molecule has 2 aromatic carbocycles. The Hall–Kier alpha value is -2.13. The van der Waals surface area contributed by atoms with E-state index in [4.69, 9.17) is 5.73 Å². The maximum atomic E-state index is 11.9. The summed E-state index contributed by atoms with van der Waals surface area (Å²) in [6, 6.07) is 15.2. The molecule has 0 radical (unpaired) electrons. The van der Waals surface area contributed by atoms with E-state index >= 15 is 0 Å². The summed E-state index contributed by atoms with van der Waals surface area (Å²) in [6.07, 6.45) is -0.0848. The molecule has 3 nitrogen and oxygen atoms in total. The largest absolute Gasteiger partial charge is 0.388 e. The van der Waals surface area contributed by atoms with Crippen LogP contribution in [0.4, 0.5) is 0 Å². The Balaban J connectivity index is 2.28. The van der Waals surface area contributed by atoms with E-state index in [1.165, 1.54) is 0 Å². The zero-order chi connectivity index (χ0) is 13.4. The maximum absolute atomic E-state index is 11.9. The van der Waals surface area contributed by atoms with Gasteiger partial charge in [0, 0.05) is 6.42 Å². The van der Waals surface area contributed by atoms with E-state index in [2.05, 4.69) is 0 Å². The van der Waals surface area contributed by atoms with Crippen molar-refractivity contribution in [3.8, 4) is 0 Å². The van der Waals surface area contributed by atoms with E-state index in [1.54, 1.807) is 0 Å². The van der Waals surface area contributed by atoms with E-state index in [-0.39, 0.29) is 5.91 Å². The minimum Gasteiger partial charge on any atom is -0.388 e. The van der Waals surface area contributed by atoms with Gasteiger partial charge in [-0.2, -0.15) is 0 Å². The summed E-state index contributed by atoms with van der Waals surface area (Å²) in [7, 11) is 0. The van der Waals surface area contributed by atoms with Crippen LogP contribution >= 0.6 is 0 Å². The first-order chi connectivity index (χ1) is 9.18. The lowest BCUT2D eigenvalue weighted by atomic mass is 9.87. The summed E-state index contributed by atoms with van der Waals surface area (Å²) in [4.78, 5) is 11.9. The second-order valence-electron chi connectivity index (χ2n) is 4.88. The van der Waals surface area contributed by atoms with Crippen molar-refractivity contribution in [2.45, 2.75) is 18.4 Å². The van der Waals surface area contributed by atoms with E-state index in [1.807, 2.05) is 48.5 Å². The first kappa shape index (κ1) is 11.9. The number of fused-ring (bicyclic) bond motifs is 2. The van der Waals surface area contributed by atoms with Gasteiger partial charge in [0.25, 0.3) is 0 Å². The molecule has 1 aliphatic carbocycles. The molecule has 0 saturated carbocycles. The van der Waals surface area contributed by atoms with Gasteiger partial charge in [-0.3, -0.25) is 4.79 Å². The van der Waals surface area contributed by atoms with Crippen LogP contribution < -0.4 is 5.73 Å². The third kappa shape index (κ3) is 1.92. The van der Waals surface area contributed by atoms with Crippen molar-refractivity contribution in [1.29, 1.82) is 0 Å². The summed E-state index contributed by atoms with van der Waals surface area (Å²) >= 11 is 0. The van der Waals surface area contributed by atoms with E-state index < -0.39 is 12.0 Å². The van der Waals surface area contributed by atoms with Gasteiger partial charge in [0.15, 0.2) is 0 Å². The highest BCUT2D eigenvalue weighted by Crippen LogP contribution is 2.37. The fourth-order valence-electron chi connectivity index (χ4n) is 2.87. The summed E-state index contributed by atoms with van der Waals surface area (Å²) in [5, 5.41) is 10.3. The number of carbonyl (C=O) groups excluding carboxylic acids is 1. The van der Waals surface area contributed by atoms with Crippen LogP contribution in [0, 0.1) is 0 Å². The average molecular weight is 253 g/mol. The second kappa shape index (κ2) is 4.52. The van der Waals surface area contributed by atoms with Crippen molar-refractivity contribution in [2.75, 3.05) is 0 Å². The molecule has 2 aromatic rings. The number of aliphatic hydroxyl groups excluding tert-OH is 1. The molecule has 2 atom stereocenters. The van der Waals surface area contributed by atoms with Gasteiger partial charge in [-0.25, -0.2) is 0 Å². The standard InChI is InChI=1S/C16H15NO2/c17-16(19)15-11-6-2-1-5-10(11)9-14(18)12-7-3-4-8-13(12)15/h1-8,14-15,18H,9H2,(H2,17,19). The number of carbonyl (C=O) groups is 1. The van der Waals surface area contributed by atoms with Crippen LogP contribution in [-0.4, -0.2) is 11.0 Å². The SMILES string of the molecule is NC(=O)C1c2ccccc2CC(O)c2ccccc21. The Labute approximate surface area is 111 Å². The third-order valence-corrected chi connectivity index (χ3v) is 3.73. The predicted octanol–water partition coefficient (Wildman–Crippen LogP) is 1.89. The molecule has 0 bridgehead atoms. The van der Waals surface area contributed by atoms with Gasteiger partial charge in [-0.05, 0) is 22.3 Å². The Morgan fingerprint density at radius 3 is 2.26 bits per heavy atom. The molecule has 0 spiro atoms. The highest BCUT2D eigenvalue weighted by molar-refractivity contribution is 5.86. The number of hydrogen-bond acceptors (Lipinski definition) is 2. The second-order valence-corrected chi connectivity index (χ2v) is 4.88. The monoisotopic (exact) mass is 253 g/mol. The maximum Gasteiger partial charge on any atom is 0.229 e. The van der Waals surface area contributed by atoms with Gasteiger partial charge in [-0.1, -0.05) is 48.5 Å². The number of amides is 1. The molecule has 3 N–H and O–H groups in total. The molecule has 0 saturated heterocycles. The molecule has 2 unspecified atom stereocenters. The molecule has 1 aliphatic rings. The van der Waals surface area contributed by atoms with Crippen molar-refractivity contribution >= 4 is 5.91 Å². The Bertz CT molecular complexity index is 636. The van der Waals surface area contributed by atoms with Crippen LogP contribution in [0.2, 0.25) is 0 Å². The smallest absolute Gasteiger partial charge is 0.229 e. The fourth-order valence-corrected chi connectivity index (χ4v) is 2.87. The zero-order valence-corrected chi connectivity index (χ0v) is 10.4. The predicted molar refractivity (Wildman–Crippen MR) is 72.6 cm³/mol. The number of aliphatic hydroxyl groups is 1. The van der Waals surface area contributed by atoms with Crippen molar-refractivity contribution in [1.82, 2.24) is 0 Å². The Morgan fingerprint density at radius 2 is 1.58 bits per heavy atom.